The van der Waals surface area contributed by atoms with Gasteiger partial charge in [0.2, 0.25) is 0 Å². The molecule has 0 bridgehead atoms. The zero-order valence-electron chi connectivity index (χ0n) is 18.8. The van der Waals surface area contributed by atoms with E-state index in [9.17, 15) is 9.59 Å². The number of benzene rings is 2. The minimum Gasteiger partial charge on any atom is -0.493 e. The van der Waals surface area contributed by atoms with E-state index in [0.717, 1.165) is 49.0 Å². The fourth-order valence-corrected chi connectivity index (χ4v) is 4.14. The molecule has 2 heterocycles. The molecule has 1 aliphatic rings. The second-order valence-corrected chi connectivity index (χ2v) is 8.04. The normalized spacial score (nSPS) is 14.1. The number of ether oxygens (including phenoxy) is 2. The summed E-state index contributed by atoms with van der Waals surface area (Å²) in [5.41, 5.74) is 1.08. The van der Waals surface area contributed by atoms with Gasteiger partial charge in [0, 0.05) is 36.9 Å². The van der Waals surface area contributed by atoms with Crippen molar-refractivity contribution in [3.8, 4) is 5.75 Å². The summed E-state index contributed by atoms with van der Waals surface area (Å²) in [6.07, 6.45) is 4.50. The number of carbonyl (C=O) groups is 2. The third-order valence-corrected chi connectivity index (χ3v) is 5.88. The molecule has 0 aliphatic carbocycles. The maximum atomic E-state index is 13.2. The van der Waals surface area contributed by atoms with Crippen molar-refractivity contribution in [2.45, 2.75) is 26.2 Å². The minimum absolute atomic E-state index is 0.202. The van der Waals surface area contributed by atoms with Crippen LogP contribution in [0, 0.1) is 5.92 Å². The van der Waals surface area contributed by atoms with E-state index in [4.69, 9.17) is 9.47 Å². The van der Waals surface area contributed by atoms with E-state index in [1.54, 1.807) is 30.5 Å². The molecular weight excluding hydrogens is 418 g/mol. The maximum absolute atomic E-state index is 13.2. The number of carbonyl (C=O) groups excluding carboxylic acids is 2. The highest BCUT2D eigenvalue weighted by molar-refractivity contribution is 6.15. The van der Waals surface area contributed by atoms with Crippen molar-refractivity contribution < 1.29 is 19.1 Å². The Morgan fingerprint density at radius 1 is 1.03 bits per heavy atom. The molecule has 0 spiro atoms. The highest BCUT2D eigenvalue weighted by Gasteiger charge is 2.19. The predicted octanol–water partition coefficient (Wildman–Crippen LogP) is 4.43. The number of fused-ring (bicyclic) bond motifs is 1. The van der Waals surface area contributed by atoms with E-state index >= 15 is 0 Å². The monoisotopic (exact) mass is 447 g/mol. The topological polar surface area (TPSA) is 89.5 Å². The van der Waals surface area contributed by atoms with Crippen molar-refractivity contribution >= 4 is 28.3 Å². The second kappa shape index (κ2) is 10.9. The van der Waals surface area contributed by atoms with Gasteiger partial charge < -0.3 is 20.1 Å². The lowest BCUT2D eigenvalue weighted by molar-refractivity contribution is 0.0636. The van der Waals surface area contributed by atoms with Gasteiger partial charge in [0.1, 0.15) is 5.75 Å². The third-order valence-electron chi connectivity index (χ3n) is 5.88. The Labute approximate surface area is 193 Å². The summed E-state index contributed by atoms with van der Waals surface area (Å²) in [4.78, 5) is 30.2. The van der Waals surface area contributed by atoms with E-state index in [2.05, 4.69) is 15.6 Å². The summed E-state index contributed by atoms with van der Waals surface area (Å²) < 4.78 is 11.1. The zero-order chi connectivity index (χ0) is 23.0. The molecule has 2 amide bonds. The van der Waals surface area contributed by atoms with E-state index in [-0.39, 0.29) is 17.5 Å². The second-order valence-electron chi connectivity index (χ2n) is 8.04. The molecule has 0 unspecified atom stereocenters. The Kier molecular flexibility index (Phi) is 7.52. The van der Waals surface area contributed by atoms with Crippen molar-refractivity contribution in [1.82, 2.24) is 10.3 Å². The summed E-state index contributed by atoms with van der Waals surface area (Å²) in [7, 11) is 0. The van der Waals surface area contributed by atoms with Crippen LogP contribution < -0.4 is 15.4 Å². The summed E-state index contributed by atoms with van der Waals surface area (Å²) >= 11 is 0. The van der Waals surface area contributed by atoms with Crippen LogP contribution >= 0.6 is 0 Å². The van der Waals surface area contributed by atoms with Gasteiger partial charge in [-0.05, 0) is 61.8 Å². The van der Waals surface area contributed by atoms with Crippen LogP contribution in [0.4, 0.5) is 5.69 Å². The molecule has 0 saturated carbocycles. The Morgan fingerprint density at radius 3 is 2.61 bits per heavy atom. The molecule has 7 nitrogen and oxygen atoms in total. The number of hydrogen-bond acceptors (Lipinski definition) is 5. The molecule has 0 atom stereocenters. The lowest BCUT2D eigenvalue weighted by atomic mass is 9.97. The largest absolute Gasteiger partial charge is 0.493 e. The summed E-state index contributed by atoms with van der Waals surface area (Å²) in [6, 6.07) is 14.5. The number of rotatable bonds is 8. The average Bonchev–Trinajstić information content (AvgIpc) is 2.85. The first-order chi connectivity index (χ1) is 16.2. The molecule has 7 heteroatoms. The third kappa shape index (κ3) is 5.49. The van der Waals surface area contributed by atoms with Crippen molar-refractivity contribution in [3.63, 3.8) is 0 Å². The fourth-order valence-electron chi connectivity index (χ4n) is 4.14. The number of hydrogen-bond donors (Lipinski definition) is 2. The standard InChI is InChI=1S/C26H29N3O4/c1-2-33-23-10-9-21(19-6-3-4-7-20(19)23)25(30)29-22-8-5-14-27-24(22)26(31)28-15-11-18-12-16-32-17-13-18/h3-10,14,18H,2,11-13,15-17H2,1H3,(H,28,31)(H,29,30). The lowest BCUT2D eigenvalue weighted by Gasteiger charge is -2.21. The maximum Gasteiger partial charge on any atom is 0.272 e. The summed E-state index contributed by atoms with van der Waals surface area (Å²) in [5, 5.41) is 7.46. The average molecular weight is 448 g/mol. The van der Waals surface area contributed by atoms with Crippen LogP contribution in [-0.4, -0.2) is 43.2 Å². The van der Waals surface area contributed by atoms with Gasteiger partial charge in [-0.3, -0.25) is 9.59 Å². The molecule has 1 aromatic heterocycles. The first kappa shape index (κ1) is 22.7. The van der Waals surface area contributed by atoms with Crippen LogP contribution in [0.15, 0.2) is 54.7 Å². The Morgan fingerprint density at radius 2 is 1.82 bits per heavy atom. The SMILES string of the molecule is CCOc1ccc(C(=O)Nc2cccnc2C(=O)NCCC2CCOCC2)c2ccccc12. The molecule has 1 saturated heterocycles. The van der Waals surface area contributed by atoms with Crippen LogP contribution in [0.2, 0.25) is 0 Å². The quantitative estimate of drug-likeness (QED) is 0.533. The molecule has 3 aromatic rings. The van der Waals surface area contributed by atoms with Crippen LogP contribution in [0.25, 0.3) is 10.8 Å². The molecule has 1 fully saturated rings. The molecule has 1 aliphatic heterocycles. The van der Waals surface area contributed by atoms with Crippen LogP contribution in [-0.2, 0) is 4.74 Å². The van der Waals surface area contributed by atoms with Gasteiger partial charge in [0.25, 0.3) is 11.8 Å². The molecule has 0 radical (unpaired) electrons. The smallest absolute Gasteiger partial charge is 0.272 e. The minimum atomic E-state index is -0.307. The van der Waals surface area contributed by atoms with E-state index in [1.807, 2.05) is 31.2 Å². The van der Waals surface area contributed by atoms with E-state index in [0.29, 0.717) is 30.3 Å². The number of nitrogens with zero attached hydrogens (tertiary/aromatic N) is 1. The van der Waals surface area contributed by atoms with Gasteiger partial charge in [-0.2, -0.15) is 0 Å². The summed E-state index contributed by atoms with van der Waals surface area (Å²) in [5.74, 6) is 0.693. The van der Waals surface area contributed by atoms with Crippen LogP contribution in [0.5, 0.6) is 5.75 Å². The Hall–Kier alpha value is -3.45. The van der Waals surface area contributed by atoms with Gasteiger partial charge >= 0.3 is 0 Å². The highest BCUT2D eigenvalue weighted by Crippen LogP contribution is 2.29. The Bertz CT molecular complexity index is 1130. The van der Waals surface area contributed by atoms with Gasteiger partial charge in [-0.25, -0.2) is 4.98 Å². The van der Waals surface area contributed by atoms with Gasteiger partial charge in [-0.1, -0.05) is 24.3 Å². The van der Waals surface area contributed by atoms with E-state index in [1.165, 1.54) is 0 Å². The van der Waals surface area contributed by atoms with Gasteiger partial charge in [0.05, 0.1) is 12.3 Å². The van der Waals surface area contributed by atoms with Crippen molar-refractivity contribution in [1.29, 1.82) is 0 Å². The molecule has 33 heavy (non-hydrogen) atoms. The number of nitrogens with one attached hydrogen (secondary N) is 2. The molecular formula is C26H29N3O4. The van der Waals surface area contributed by atoms with Crippen molar-refractivity contribution in [2.24, 2.45) is 5.92 Å². The molecule has 4 rings (SSSR count). The van der Waals surface area contributed by atoms with Gasteiger partial charge in [0.15, 0.2) is 5.69 Å². The first-order valence-electron chi connectivity index (χ1n) is 11.4. The molecule has 2 aromatic carbocycles. The molecule has 2 N–H and O–H groups in total. The van der Waals surface area contributed by atoms with Gasteiger partial charge in [-0.15, -0.1) is 0 Å². The lowest BCUT2D eigenvalue weighted by Crippen LogP contribution is -2.29. The first-order valence-corrected chi connectivity index (χ1v) is 11.4. The van der Waals surface area contributed by atoms with Crippen LogP contribution in [0.1, 0.15) is 47.0 Å². The van der Waals surface area contributed by atoms with Crippen LogP contribution in [0.3, 0.4) is 0 Å². The van der Waals surface area contributed by atoms with Crippen molar-refractivity contribution in [3.05, 3.63) is 66.0 Å². The summed E-state index contributed by atoms with van der Waals surface area (Å²) in [6.45, 7) is 4.60. The number of amides is 2. The Balaban J connectivity index is 1.48. The number of anilines is 1. The molecule has 172 valence electrons. The van der Waals surface area contributed by atoms with E-state index < -0.39 is 0 Å². The number of pyridine rings is 1. The fraction of sp³-hybridized carbons (Fsp3) is 0.346. The zero-order valence-corrected chi connectivity index (χ0v) is 18.8. The predicted molar refractivity (Wildman–Crippen MR) is 128 cm³/mol. The van der Waals surface area contributed by atoms with Crippen molar-refractivity contribution in [2.75, 3.05) is 31.7 Å². The highest BCUT2D eigenvalue weighted by atomic mass is 16.5. The number of aromatic nitrogens is 1.